The van der Waals surface area contributed by atoms with Crippen LogP contribution < -0.4 is 0 Å². The Morgan fingerprint density at radius 2 is 1.38 bits per heavy atom. The van der Waals surface area contributed by atoms with Crippen LogP contribution in [0.25, 0.3) is 38.3 Å². The molecule has 0 bridgehead atoms. The smallest absolute Gasteiger partial charge is 0.0998 e. The van der Waals surface area contributed by atoms with Gasteiger partial charge in [0.2, 0.25) is 0 Å². The van der Waals surface area contributed by atoms with Crippen molar-refractivity contribution in [2.24, 2.45) is 0 Å². The highest BCUT2D eigenvalue weighted by atomic mass is 15.0. The second-order valence-electron chi connectivity index (χ2n) is 6.66. The van der Waals surface area contributed by atoms with Gasteiger partial charge in [-0.2, -0.15) is 5.26 Å². The van der Waals surface area contributed by atoms with Gasteiger partial charge < -0.3 is 4.57 Å². The van der Waals surface area contributed by atoms with Crippen LogP contribution in [0.15, 0.2) is 78.9 Å². The third-order valence-electron chi connectivity index (χ3n) is 5.09. The summed E-state index contributed by atoms with van der Waals surface area (Å²) in [6.45, 7) is 2.13. The third kappa shape index (κ3) is 1.98. The number of aryl methyl sites for hydroxylation is 1. The Labute approximate surface area is 151 Å². The fourth-order valence-electron chi connectivity index (χ4n) is 3.92. The van der Waals surface area contributed by atoms with Gasteiger partial charge in [-0.05, 0) is 37.3 Å². The largest absolute Gasteiger partial charge is 0.309 e. The summed E-state index contributed by atoms with van der Waals surface area (Å²) in [7, 11) is 0. The predicted octanol–water partition coefficient (Wildman–Crippen LogP) is 6.12. The molecule has 0 spiro atoms. The summed E-state index contributed by atoms with van der Waals surface area (Å²) in [5, 5.41) is 14.1. The molecule has 2 nitrogen and oxygen atoms in total. The average molecular weight is 332 g/mol. The second-order valence-corrected chi connectivity index (χ2v) is 6.66. The summed E-state index contributed by atoms with van der Waals surface area (Å²) < 4.78 is 2.31. The lowest BCUT2D eigenvalue weighted by Gasteiger charge is -2.12. The fraction of sp³-hybridized carbons (Fsp3) is 0.0417. The molecule has 0 radical (unpaired) electrons. The molecular weight excluding hydrogens is 316 g/mol. The lowest BCUT2D eigenvalue weighted by molar-refractivity contribution is 1.20. The van der Waals surface area contributed by atoms with E-state index in [1.165, 1.54) is 27.4 Å². The molecule has 5 aromatic rings. The number of para-hydroxylation sites is 1. The molecule has 0 amide bonds. The second kappa shape index (κ2) is 5.47. The first kappa shape index (κ1) is 14.7. The molecule has 0 aliphatic carbocycles. The molecule has 0 aliphatic heterocycles. The average Bonchev–Trinajstić information content (AvgIpc) is 3.01. The number of aromatic nitrogens is 1. The number of hydrogen-bond donors (Lipinski definition) is 0. The predicted molar refractivity (Wildman–Crippen MR) is 108 cm³/mol. The van der Waals surface area contributed by atoms with E-state index in [-0.39, 0.29) is 0 Å². The number of hydrogen-bond acceptors (Lipinski definition) is 1. The van der Waals surface area contributed by atoms with Crippen LogP contribution in [0.2, 0.25) is 0 Å². The van der Waals surface area contributed by atoms with Gasteiger partial charge in [0.15, 0.2) is 0 Å². The minimum atomic E-state index is 0.709. The highest BCUT2D eigenvalue weighted by molar-refractivity contribution is 6.11. The Morgan fingerprint density at radius 1 is 0.692 bits per heavy atom. The van der Waals surface area contributed by atoms with Crippen LogP contribution in [0, 0.1) is 18.3 Å². The van der Waals surface area contributed by atoms with E-state index in [4.69, 9.17) is 0 Å². The normalized spacial score (nSPS) is 11.2. The maximum atomic E-state index is 9.47. The van der Waals surface area contributed by atoms with Crippen molar-refractivity contribution in [2.45, 2.75) is 6.92 Å². The van der Waals surface area contributed by atoms with Gasteiger partial charge >= 0.3 is 0 Å². The Balaban J connectivity index is 2.00. The van der Waals surface area contributed by atoms with Crippen LogP contribution in [-0.2, 0) is 0 Å². The van der Waals surface area contributed by atoms with Crippen molar-refractivity contribution in [3.05, 3.63) is 90.0 Å². The van der Waals surface area contributed by atoms with Crippen molar-refractivity contribution in [2.75, 3.05) is 0 Å². The maximum Gasteiger partial charge on any atom is 0.0998 e. The minimum absolute atomic E-state index is 0.709. The number of nitriles is 1. The zero-order chi connectivity index (χ0) is 17.7. The van der Waals surface area contributed by atoms with Gasteiger partial charge in [0.1, 0.15) is 0 Å². The van der Waals surface area contributed by atoms with Crippen LogP contribution in [0.3, 0.4) is 0 Å². The standard InChI is InChI=1S/C24H16N2/c1-16-10-12-24-21(14-16)20-8-4-5-9-22(20)26(24)23-13-11-17(15-25)18-6-2-3-7-19(18)23/h2-14H,1H3. The van der Waals surface area contributed by atoms with E-state index in [0.29, 0.717) is 5.56 Å². The number of nitrogens with zero attached hydrogens (tertiary/aromatic N) is 2. The topological polar surface area (TPSA) is 28.7 Å². The van der Waals surface area contributed by atoms with Crippen molar-refractivity contribution in [1.82, 2.24) is 4.57 Å². The molecule has 0 N–H and O–H groups in total. The summed E-state index contributed by atoms with van der Waals surface area (Å²) in [5.41, 5.74) is 5.44. The minimum Gasteiger partial charge on any atom is -0.309 e. The zero-order valence-electron chi connectivity index (χ0n) is 14.4. The summed E-state index contributed by atoms with van der Waals surface area (Å²) >= 11 is 0. The fourth-order valence-corrected chi connectivity index (χ4v) is 3.92. The first-order valence-electron chi connectivity index (χ1n) is 8.70. The van der Waals surface area contributed by atoms with Crippen molar-refractivity contribution in [1.29, 1.82) is 5.26 Å². The summed E-state index contributed by atoms with van der Waals surface area (Å²) in [6.07, 6.45) is 0. The molecule has 1 aromatic heterocycles. The molecule has 5 rings (SSSR count). The Kier molecular flexibility index (Phi) is 3.10. The van der Waals surface area contributed by atoms with Gasteiger partial charge in [-0.15, -0.1) is 0 Å². The summed E-state index contributed by atoms with van der Waals surface area (Å²) in [4.78, 5) is 0. The summed E-state index contributed by atoms with van der Waals surface area (Å²) in [5.74, 6) is 0. The zero-order valence-corrected chi connectivity index (χ0v) is 14.4. The van der Waals surface area contributed by atoms with Crippen molar-refractivity contribution >= 4 is 32.6 Å². The SMILES string of the molecule is Cc1ccc2c(c1)c1ccccc1n2-c1ccc(C#N)c2ccccc12. The number of rotatable bonds is 1. The molecule has 0 atom stereocenters. The number of fused-ring (bicyclic) bond motifs is 4. The molecular formula is C24H16N2. The lowest BCUT2D eigenvalue weighted by atomic mass is 10.0. The van der Waals surface area contributed by atoms with Crippen LogP contribution in [-0.4, -0.2) is 4.57 Å². The molecule has 0 saturated carbocycles. The first-order chi connectivity index (χ1) is 12.8. The molecule has 122 valence electrons. The lowest BCUT2D eigenvalue weighted by Crippen LogP contribution is -1.96. The van der Waals surface area contributed by atoms with Gasteiger partial charge in [0, 0.05) is 21.5 Å². The Hall–Kier alpha value is -3.57. The molecule has 0 aliphatic rings. The highest BCUT2D eigenvalue weighted by Crippen LogP contribution is 2.35. The van der Waals surface area contributed by atoms with E-state index < -0.39 is 0 Å². The molecule has 0 fully saturated rings. The Bertz CT molecular complexity index is 1350. The van der Waals surface area contributed by atoms with E-state index in [9.17, 15) is 5.26 Å². The quantitative estimate of drug-likeness (QED) is 0.364. The third-order valence-corrected chi connectivity index (χ3v) is 5.09. The Morgan fingerprint density at radius 3 is 2.19 bits per heavy atom. The van der Waals surface area contributed by atoms with Gasteiger partial charge in [0.25, 0.3) is 0 Å². The maximum absolute atomic E-state index is 9.47. The molecule has 4 aromatic carbocycles. The summed E-state index contributed by atoms with van der Waals surface area (Å²) in [6, 6.07) is 29.6. The van der Waals surface area contributed by atoms with Crippen LogP contribution in [0.1, 0.15) is 11.1 Å². The highest BCUT2D eigenvalue weighted by Gasteiger charge is 2.14. The van der Waals surface area contributed by atoms with E-state index in [2.05, 4.69) is 72.2 Å². The van der Waals surface area contributed by atoms with Crippen LogP contribution in [0.5, 0.6) is 0 Å². The van der Waals surface area contributed by atoms with E-state index in [1.54, 1.807) is 0 Å². The van der Waals surface area contributed by atoms with Crippen LogP contribution >= 0.6 is 0 Å². The monoisotopic (exact) mass is 332 g/mol. The van der Waals surface area contributed by atoms with Crippen molar-refractivity contribution in [3.63, 3.8) is 0 Å². The van der Waals surface area contributed by atoms with Gasteiger partial charge in [-0.1, -0.05) is 54.1 Å². The molecule has 2 heteroatoms. The number of benzene rings is 4. The molecule has 0 unspecified atom stereocenters. The van der Waals surface area contributed by atoms with Gasteiger partial charge in [-0.25, -0.2) is 0 Å². The van der Waals surface area contributed by atoms with E-state index in [1.807, 2.05) is 24.3 Å². The molecule has 1 heterocycles. The van der Waals surface area contributed by atoms with Crippen molar-refractivity contribution in [3.8, 4) is 11.8 Å². The van der Waals surface area contributed by atoms with Crippen molar-refractivity contribution < 1.29 is 0 Å². The van der Waals surface area contributed by atoms with E-state index >= 15 is 0 Å². The first-order valence-corrected chi connectivity index (χ1v) is 8.70. The van der Waals surface area contributed by atoms with E-state index in [0.717, 1.165) is 16.5 Å². The van der Waals surface area contributed by atoms with Gasteiger partial charge in [-0.3, -0.25) is 0 Å². The molecule has 26 heavy (non-hydrogen) atoms. The van der Waals surface area contributed by atoms with Gasteiger partial charge in [0.05, 0.1) is 28.4 Å². The van der Waals surface area contributed by atoms with Crippen LogP contribution in [0.4, 0.5) is 0 Å². The molecule has 0 saturated heterocycles.